The van der Waals surface area contributed by atoms with Gasteiger partial charge in [-0.3, -0.25) is 0 Å². The number of aryl methyl sites for hydroxylation is 1. The average Bonchev–Trinajstić information content (AvgIpc) is 2.47. The van der Waals surface area contributed by atoms with Gasteiger partial charge in [0.25, 0.3) is 0 Å². The molecule has 1 saturated heterocycles. The number of nitrogens with zero attached hydrogens (tertiary/aromatic N) is 1. The molecule has 0 aromatic heterocycles. The zero-order valence-electron chi connectivity index (χ0n) is 12.8. The molecule has 124 valence electrons. The quantitative estimate of drug-likeness (QED) is 0.792. The van der Waals surface area contributed by atoms with E-state index in [-0.39, 0.29) is 15.8 Å². The van der Waals surface area contributed by atoms with E-state index in [0.717, 1.165) is 0 Å². The zero-order valence-corrected chi connectivity index (χ0v) is 14.5. The largest absolute Gasteiger partial charge is 0.314 e. The lowest BCUT2D eigenvalue weighted by molar-refractivity contribution is 0.284. The minimum Gasteiger partial charge on any atom is -0.314 e. The minimum atomic E-state index is -3.62. The van der Waals surface area contributed by atoms with Crippen molar-refractivity contribution in [2.75, 3.05) is 26.7 Å². The predicted molar refractivity (Wildman–Crippen MR) is 83.6 cm³/mol. The van der Waals surface area contributed by atoms with Crippen LogP contribution in [0.15, 0.2) is 28.0 Å². The Labute approximate surface area is 131 Å². The van der Waals surface area contributed by atoms with Gasteiger partial charge in [0.1, 0.15) is 0 Å². The standard InChI is InChI=1S/C13H21N3O4S2/c1-10-8-12(4-5-13(10)21(17,18)14-3)22(19,20)16-7-6-15-9-11(16)2/h4-5,8,11,14-15H,6-7,9H2,1-3H3/t11-/m1/s1. The molecule has 0 amide bonds. The van der Waals surface area contributed by atoms with Crippen LogP contribution in [0.1, 0.15) is 12.5 Å². The SMILES string of the molecule is CNS(=O)(=O)c1ccc(S(=O)(=O)N2CCNC[C@H]2C)cc1C. The number of piperazine rings is 1. The number of sulfonamides is 2. The molecule has 0 bridgehead atoms. The second-order valence-electron chi connectivity index (χ2n) is 5.30. The van der Waals surface area contributed by atoms with E-state index in [1.807, 2.05) is 6.92 Å². The number of hydrogen-bond acceptors (Lipinski definition) is 5. The Bertz CT molecular complexity index is 759. The zero-order chi connectivity index (χ0) is 16.5. The first kappa shape index (κ1) is 17.4. The van der Waals surface area contributed by atoms with E-state index >= 15 is 0 Å². The van der Waals surface area contributed by atoms with Crippen molar-refractivity contribution < 1.29 is 16.8 Å². The van der Waals surface area contributed by atoms with Gasteiger partial charge < -0.3 is 5.32 Å². The van der Waals surface area contributed by atoms with Crippen molar-refractivity contribution in [2.45, 2.75) is 29.7 Å². The Hall–Kier alpha value is -1.00. The molecule has 1 aromatic rings. The molecule has 1 heterocycles. The molecule has 9 heteroatoms. The van der Waals surface area contributed by atoms with Gasteiger partial charge in [-0.25, -0.2) is 21.6 Å². The molecule has 1 fully saturated rings. The van der Waals surface area contributed by atoms with E-state index in [4.69, 9.17) is 0 Å². The first-order chi connectivity index (χ1) is 10.2. The maximum Gasteiger partial charge on any atom is 0.243 e. The van der Waals surface area contributed by atoms with Crippen LogP contribution in [0.3, 0.4) is 0 Å². The summed E-state index contributed by atoms with van der Waals surface area (Å²) in [5, 5.41) is 3.14. The summed E-state index contributed by atoms with van der Waals surface area (Å²) in [6, 6.07) is 3.95. The number of rotatable bonds is 4. The van der Waals surface area contributed by atoms with E-state index in [1.165, 1.54) is 29.6 Å². The van der Waals surface area contributed by atoms with E-state index in [1.54, 1.807) is 6.92 Å². The van der Waals surface area contributed by atoms with Crippen LogP contribution in [0.25, 0.3) is 0 Å². The minimum absolute atomic E-state index is 0.0855. The van der Waals surface area contributed by atoms with E-state index in [2.05, 4.69) is 10.0 Å². The molecule has 7 nitrogen and oxygen atoms in total. The van der Waals surface area contributed by atoms with E-state index < -0.39 is 20.0 Å². The van der Waals surface area contributed by atoms with Crippen molar-refractivity contribution in [1.29, 1.82) is 0 Å². The summed E-state index contributed by atoms with van der Waals surface area (Å²) in [5.41, 5.74) is 0.401. The molecule has 1 atom stereocenters. The third kappa shape index (κ3) is 3.18. The van der Waals surface area contributed by atoms with Crippen LogP contribution >= 0.6 is 0 Å². The van der Waals surface area contributed by atoms with Crippen LogP contribution < -0.4 is 10.0 Å². The molecule has 0 spiro atoms. The second-order valence-corrected chi connectivity index (χ2v) is 9.05. The van der Waals surface area contributed by atoms with Crippen LogP contribution in [0, 0.1) is 6.92 Å². The van der Waals surface area contributed by atoms with Gasteiger partial charge in [0.2, 0.25) is 20.0 Å². The van der Waals surface area contributed by atoms with E-state index in [0.29, 0.717) is 25.2 Å². The summed E-state index contributed by atoms with van der Waals surface area (Å²) >= 11 is 0. The lowest BCUT2D eigenvalue weighted by Gasteiger charge is -2.32. The fourth-order valence-corrected chi connectivity index (χ4v) is 5.18. The van der Waals surface area contributed by atoms with Crippen LogP contribution in [0.2, 0.25) is 0 Å². The summed E-state index contributed by atoms with van der Waals surface area (Å²) in [5.74, 6) is 0. The first-order valence-electron chi connectivity index (χ1n) is 6.97. The number of nitrogens with one attached hydrogen (secondary N) is 2. The van der Waals surface area contributed by atoms with Gasteiger partial charge in [-0.05, 0) is 44.7 Å². The Morgan fingerprint density at radius 2 is 1.95 bits per heavy atom. The van der Waals surface area contributed by atoms with Crippen molar-refractivity contribution in [3.8, 4) is 0 Å². The normalized spacial score (nSPS) is 21.0. The van der Waals surface area contributed by atoms with Gasteiger partial charge in [-0.1, -0.05) is 0 Å². The molecule has 0 unspecified atom stereocenters. The summed E-state index contributed by atoms with van der Waals surface area (Å²) in [6.07, 6.45) is 0. The molecule has 0 saturated carbocycles. The highest BCUT2D eigenvalue weighted by Gasteiger charge is 2.31. The lowest BCUT2D eigenvalue weighted by Crippen LogP contribution is -2.52. The lowest BCUT2D eigenvalue weighted by atomic mass is 10.2. The van der Waals surface area contributed by atoms with Crippen molar-refractivity contribution >= 4 is 20.0 Å². The molecule has 22 heavy (non-hydrogen) atoms. The topological polar surface area (TPSA) is 95.6 Å². The van der Waals surface area contributed by atoms with Crippen LogP contribution in [0.4, 0.5) is 0 Å². The van der Waals surface area contributed by atoms with Crippen LogP contribution in [-0.4, -0.2) is 53.9 Å². The van der Waals surface area contributed by atoms with Gasteiger partial charge in [0.05, 0.1) is 9.79 Å². The van der Waals surface area contributed by atoms with Gasteiger partial charge in [0.15, 0.2) is 0 Å². The average molecular weight is 347 g/mol. The Kier molecular flexibility index (Phi) is 4.93. The third-order valence-electron chi connectivity index (χ3n) is 3.75. The van der Waals surface area contributed by atoms with Gasteiger partial charge in [0, 0.05) is 25.7 Å². The fraction of sp³-hybridized carbons (Fsp3) is 0.538. The summed E-state index contributed by atoms with van der Waals surface area (Å²) in [6.45, 7) is 5.04. The van der Waals surface area contributed by atoms with Crippen LogP contribution in [-0.2, 0) is 20.0 Å². The first-order valence-corrected chi connectivity index (χ1v) is 9.89. The molecule has 1 aliphatic heterocycles. The molecule has 2 N–H and O–H groups in total. The van der Waals surface area contributed by atoms with E-state index in [9.17, 15) is 16.8 Å². The van der Waals surface area contributed by atoms with Crippen molar-refractivity contribution in [3.63, 3.8) is 0 Å². The Balaban J connectivity index is 2.43. The fourth-order valence-electron chi connectivity index (χ4n) is 2.51. The highest BCUT2D eigenvalue weighted by atomic mass is 32.2. The second kappa shape index (κ2) is 6.25. The van der Waals surface area contributed by atoms with Crippen molar-refractivity contribution in [1.82, 2.24) is 14.3 Å². The maximum atomic E-state index is 12.7. The Morgan fingerprint density at radius 3 is 2.50 bits per heavy atom. The van der Waals surface area contributed by atoms with Gasteiger partial charge in [-0.2, -0.15) is 4.31 Å². The number of hydrogen-bond donors (Lipinski definition) is 2. The highest BCUT2D eigenvalue weighted by Crippen LogP contribution is 2.23. The monoisotopic (exact) mass is 347 g/mol. The smallest absolute Gasteiger partial charge is 0.243 e. The summed E-state index contributed by atoms with van der Waals surface area (Å²) in [7, 11) is -5.90. The van der Waals surface area contributed by atoms with Crippen molar-refractivity contribution in [2.24, 2.45) is 0 Å². The Morgan fingerprint density at radius 1 is 1.27 bits per heavy atom. The van der Waals surface area contributed by atoms with Crippen molar-refractivity contribution in [3.05, 3.63) is 23.8 Å². The molecule has 0 aliphatic carbocycles. The molecular weight excluding hydrogens is 326 g/mol. The molecule has 1 aromatic carbocycles. The highest BCUT2D eigenvalue weighted by molar-refractivity contribution is 7.89. The number of benzene rings is 1. The molecule has 1 aliphatic rings. The summed E-state index contributed by atoms with van der Waals surface area (Å²) in [4.78, 5) is 0.205. The maximum absolute atomic E-state index is 12.7. The predicted octanol–water partition coefficient (Wildman–Crippen LogP) is -0.114. The molecule has 2 rings (SSSR count). The molecule has 0 radical (unpaired) electrons. The molecular formula is C13H21N3O4S2. The third-order valence-corrected chi connectivity index (χ3v) is 7.34. The van der Waals surface area contributed by atoms with Gasteiger partial charge >= 0.3 is 0 Å². The van der Waals surface area contributed by atoms with Gasteiger partial charge in [-0.15, -0.1) is 0 Å². The van der Waals surface area contributed by atoms with Crippen LogP contribution in [0.5, 0.6) is 0 Å². The summed E-state index contributed by atoms with van der Waals surface area (Å²) < 4.78 is 52.8.